The molecule has 0 aliphatic carbocycles. The predicted molar refractivity (Wildman–Crippen MR) is 91.9 cm³/mol. The highest BCUT2D eigenvalue weighted by Crippen LogP contribution is 2.32. The molecule has 0 bridgehead atoms. The van der Waals surface area contributed by atoms with Crippen LogP contribution in [0.15, 0.2) is 48.5 Å². The summed E-state index contributed by atoms with van der Waals surface area (Å²) in [6.07, 6.45) is 0.935. The summed E-state index contributed by atoms with van der Waals surface area (Å²) in [6, 6.07) is 14.0. The molecule has 2 aliphatic heterocycles. The largest absolute Gasteiger partial charge is 0.489 e. The van der Waals surface area contributed by atoms with Crippen LogP contribution in [0.3, 0.4) is 0 Å². The van der Waals surface area contributed by atoms with Crippen LogP contribution in [0.1, 0.15) is 17.5 Å². The highest BCUT2D eigenvalue weighted by Gasteiger charge is 2.38. The van der Waals surface area contributed by atoms with Gasteiger partial charge in [-0.3, -0.25) is 4.90 Å². The third-order valence-electron chi connectivity index (χ3n) is 4.95. The number of likely N-dealkylation sites (tertiary alicyclic amines) is 1. The fourth-order valence-corrected chi connectivity index (χ4v) is 3.75. The minimum absolute atomic E-state index is 0.0498. The van der Waals surface area contributed by atoms with Crippen molar-refractivity contribution in [1.82, 2.24) is 4.90 Å². The first-order chi connectivity index (χ1) is 12.1. The molecule has 0 radical (unpaired) electrons. The topological polar surface area (TPSA) is 41.9 Å². The lowest BCUT2D eigenvalue weighted by Gasteiger charge is -2.37. The SMILES string of the molecule is OC1(CN2CC[C@@H](Oc3ccc(F)cc3)C2)COCc2ccccc21. The van der Waals surface area contributed by atoms with Gasteiger partial charge in [0.15, 0.2) is 0 Å². The first-order valence-corrected chi connectivity index (χ1v) is 8.65. The molecule has 1 fully saturated rings. The first-order valence-electron chi connectivity index (χ1n) is 8.65. The summed E-state index contributed by atoms with van der Waals surface area (Å²) in [5.41, 5.74) is 1.03. The Morgan fingerprint density at radius 1 is 1.20 bits per heavy atom. The molecule has 0 saturated carbocycles. The zero-order chi connectivity index (χ0) is 17.3. The number of ether oxygens (including phenoxy) is 2. The van der Waals surface area contributed by atoms with Crippen molar-refractivity contribution in [1.29, 1.82) is 0 Å². The Morgan fingerprint density at radius 2 is 2.00 bits per heavy atom. The maximum absolute atomic E-state index is 13.0. The molecule has 0 spiro atoms. The molecule has 25 heavy (non-hydrogen) atoms. The van der Waals surface area contributed by atoms with Crippen LogP contribution in [0.4, 0.5) is 4.39 Å². The van der Waals surface area contributed by atoms with E-state index in [2.05, 4.69) is 4.90 Å². The van der Waals surface area contributed by atoms with Crippen molar-refractivity contribution in [2.75, 3.05) is 26.2 Å². The maximum Gasteiger partial charge on any atom is 0.126 e. The van der Waals surface area contributed by atoms with Gasteiger partial charge in [-0.05, 0) is 41.8 Å². The number of hydrogen-bond acceptors (Lipinski definition) is 4. The van der Waals surface area contributed by atoms with Gasteiger partial charge in [0.1, 0.15) is 23.3 Å². The lowest BCUT2D eigenvalue weighted by Crippen LogP contribution is -2.46. The van der Waals surface area contributed by atoms with Gasteiger partial charge in [-0.1, -0.05) is 24.3 Å². The normalized spacial score (nSPS) is 26.4. The van der Waals surface area contributed by atoms with E-state index in [1.165, 1.54) is 12.1 Å². The van der Waals surface area contributed by atoms with Crippen LogP contribution >= 0.6 is 0 Å². The van der Waals surface area contributed by atoms with Crippen molar-refractivity contribution in [3.05, 3.63) is 65.5 Å². The third-order valence-corrected chi connectivity index (χ3v) is 4.95. The molecule has 2 heterocycles. The summed E-state index contributed by atoms with van der Waals surface area (Å²) in [6.45, 7) is 2.98. The van der Waals surface area contributed by atoms with Crippen LogP contribution < -0.4 is 4.74 Å². The minimum atomic E-state index is -0.986. The van der Waals surface area contributed by atoms with E-state index in [0.29, 0.717) is 25.5 Å². The van der Waals surface area contributed by atoms with Crippen LogP contribution in [0.2, 0.25) is 0 Å². The van der Waals surface area contributed by atoms with Gasteiger partial charge in [0.25, 0.3) is 0 Å². The molecule has 0 aromatic heterocycles. The fourth-order valence-electron chi connectivity index (χ4n) is 3.75. The second-order valence-electron chi connectivity index (χ2n) is 6.90. The summed E-state index contributed by atoms with van der Waals surface area (Å²) in [7, 11) is 0. The van der Waals surface area contributed by atoms with Crippen LogP contribution in [0.5, 0.6) is 5.75 Å². The van der Waals surface area contributed by atoms with Gasteiger partial charge in [0, 0.05) is 19.6 Å². The quantitative estimate of drug-likeness (QED) is 0.927. The molecule has 5 heteroatoms. The summed E-state index contributed by atoms with van der Waals surface area (Å²) >= 11 is 0. The van der Waals surface area contributed by atoms with Crippen molar-refractivity contribution in [2.24, 2.45) is 0 Å². The second-order valence-corrected chi connectivity index (χ2v) is 6.90. The molecule has 1 N–H and O–H groups in total. The molecule has 132 valence electrons. The van der Waals surface area contributed by atoms with E-state index >= 15 is 0 Å². The molecular formula is C20H22FNO3. The Bertz CT molecular complexity index is 736. The molecule has 4 rings (SSSR count). The Kier molecular flexibility index (Phi) is 4.46. The minimum Gasteiger partial charge on any atom is -0.489 e. The molecule has 1 unspecified atom stereocenters. The van der Waals surface area contributed by atoms with Gasteiger partial charge in [-0.15, -0.1) is 0 Å². The Hall–Kier alpha value is -1.95. The van der Waals surface area contributed by atoms with Crippen molar-refractivity contribution in [3.8, 4) is 5.75 Å². The average Bonchev–Trinajstić information content (AvgIpc) is 3.04. The summed E-state index contributed by atoms with van der Waals surface area (Å²) in [5.74, 6) is 0.414. The summed E-state index contributed by atoms with van der Waals surface area (Å²) in [4.78, 5) is 2.21. The van der Waals surface area contributed by atoms with E-state index in [1.54, 1.807) is 12.1 Å². The first kappa shape index (κ1) is 16.5. The van der Waals surface area contributed by atoms with Gasteiger partial charge in [-0.25, -0.2) is 4.39 Å². The Morgan fingerprint density at radius 3 is 2.84 bits per heavy atom. The van der Waals surface area contributed by atoms with Crippen molar-refractivity contribution < 1.29 is 19.0 Å². The molecule has 4 nitrogen and oxygen atoms in total. The Balaban J connectivity index is 1.40. The van der Waals surface area contributed by atoms with Gasteiger partial charge >= 0.3 is 0 Å². The molecular weight excluding hydrogens is 321 g/mol. The van der Waals surface area contributed by atoms with E-state index in [4.69, 9.17) is 9.47 Å². The highest BCUT2D eigenvalue weighted by molar-refractivity contribution is 5.34. The van der Waals surface area contributed by atoms with Crippen molar-refractivity contribution in [3.63, 3.8) is 0 Å². The number of benzene rings is 2. The molecule has 2 aliphatic rings. The van der Waals surface area contributed by atoms with Gasteiger partial charge in [-0.2, -0.15) is 0 Å². The van der Waals surface area contributed by atoms with Crippen molar-refractivity contribution >= 4 is 0 Å². The van der Waals surface area contributed by atoms with Gasteiger partial charge in [0.2, 0.25) is 0 Å². The zero-order valence-corrected chi connectivity index (χ0v) is 14.0. The van der Waals surface area contributed by atoms with E-state index in [0.717, 1.165) is 30.6 Å². The molecule has 2 atom stereocenters. The molecule has 1 saturated heterocycles. The number of nitrogens with zero attached hydrogens (tertiary/aromatic N) is 1. The molecule has 0 amide bonds. The van der Waals surface area contributed by atoms with Crippen molar-refractivity contribution in [2.45, 2.75) is 24.7 Å². The zero-order valence-electron chi connectivity index (χ0n) is 14.0. The monoisotopic (exact) mass is 343 g/mol. The number of fused-ring (bicyclic) bond motifs is 1. The van der Waals surface area contributed by atoms with Crippen LogP contribution in [-0.2, 0) is 16.9 Å². The van der Waals surface area contributed by atoms with E-state index in [9.17, 15) is 9.50 Å². The average molecular weight is 343 g/mol. The third kappa shape index (κ3) is 3.54. The summed E-state index contributed by atoms with van der Waals surface area (Å²) < 4.78 is 24.5. The van der Waals surface area contributed by atoms with Gasteiger partial charge in [0.05, 0.1) is 13.2 Å². The summed E-state index contributed by atoms with van der Waals surface area (Å²) in [5, 5.41) is 11.1. The second kappa shape index (κ2) is 6.75. The number of aliphatic hydroxyl groups is 1. The highest BCUT2D eigenvalue weighted by atomic mass is 19.1. The van der Waals surface area contributed by atoms with E-state index < -0.39 is 5.60 Å². The van der Waals surface area contributed by atoms with Crippen LogP contribution in [0.25, 0.3) is 0 Å². The standard InChI is InChI=1S/C20H22FNO3/c21-16-5-7-17(8-6-16)25-18-9-10-22(11-18)13-20(23)14-24-12-15-3-1-2-4-19(15)20/h1-8,18,23H,9-14H2/t18-,20?/m1/s1. The number of halogens is 1. The Labute approximate surface area is 146 Å². The number of hydrogen-bond donors (Lipinski definition) is 1. The number of rotatable bonds is 4. The molecule has 2 aromatic carbocycles. The van der Waals surface area contributed by atoms with E-state index in [-0.39, 0.29) is 11.9 Å². The fraction of sp³-hybridized carbons (Fsp3) is 0.400. The number of β-amino-alcohol motifs (C(OH)–C–C–N with tert-alkyl or cyclic N) is 1. The van der Waals surface area contributed by atoms with E-state index in [1.807, 2.05) is 24.3 Å². The lowest BCUT2D eigenvalue weighted by atomic mass is 9.88. The maximum atomic E-state index is 13.0. The predicted octanol–water partition coefficient (Wildman–Crippen LogP) is 2.70. The van der Waals surface area contributed by atoms with Crippen LogP contribution in [0, 0.1) is 5.82 Å². The van der Waals surface area contributed by atoms with Crippen LogP contribution in [-0.4, -0.2) is 42.4 Å². The molecule has 2 aromatic rings. The smallest absolute Gasteiger partial charge is 0.126 e. The van der Waals surface area contributed by atoms with Gasteiger partial charge < -0.3 is 14.6 Å². The lowest BCUT2D eigenvalue weighted by molar-refractivity contribution is -0.0877.